The van der Waals surface area contributed by atoms with Crippen LogP contribution in [0.5, 0.6) is 0 Å². The lowest BCUT2D eigenvalue weighted by atomic mass is 9.80. The van der Waals surface area contributed by atoms with Gasteiger partial charge in [-0.2, -0.15) is 0 Å². The van der Waals surface area contributed by atoms with Crippen LogP contribution in [0.3, 0.4) is 0 Å². The molecule has 0 bridgehead atoms. The molecule has 0 saturated carbocycles. The van der Waals surface area contributed by atoms with E-state index in [2.05, 4.69) is 0 Å². The molecule has 0 radical (unpaired) electrons. The number of Topliss-reactive ketones (excluding diaryl/α,β-unsaturated/α-hetero) is 3. The van der Waals surface area contributed by atoms with Gasteiger partial charge in [-0.05, 0) is 77.4 Å². The molecule has 0 saturated heterocycles. The van der Waals surface area contributed by atoms with Crippen LogP contribution >= 0.6 is 11.6 Å². The second kappa shape index (κ2) is 10.5. The summed E-state index contributed by atoms with van der Waals surface area (Å²) in [7, 11) is 0. The lowest BCUT2D eigenvalue weighted by molar-refractivity contribution is 0.0973. The minimum atomic E-state index is -0.868. The summed E-state index contributed by atoms with van der Waals surface area (Å²) in [6.45, 7) is 3.49. The third-order valence-electron chi connectivity index (χ3n) is 8.20. The summed E-state index contributed by atoms with van der Waals surface area (Å²) in [5, 5.41) is 11.8. The second-order valence-electron chi connectivity index (χ2n) is 10.7. The maximum absolute atomic E-state index is 13.4. The van der Waals surface area contributed by atoms with Crippen LogP contribution in [0.4, 0.5) is 0 Å². The molecule has 6 rings (SSSR count). The maximum atomic E-state index is 13.4. The van der Waals surface area contributed by atoms with Crippen molar-refractivity contribution in [2.24, 2.45) is 0 Å². The summed E-state index contributed by atoms with van der Waals surface area (Å²) >= 11 is 6.01. The number of rotatable bonds is 5. The molecule has 4 nitrogen and oxygen atoms in total. The highest BCUT2D eigenvalue weighted by Gasteiger charge is 2.31. The number of ketones is 3. The van der Waals surface area contributed by atoms with Crippen LogP contribution < -0.4 is 0 Å². The van der Waals surface area contributed by atoms with Gasteiger partial charge in [0.05, 0.1) is 0 Å². The molecule has 5 heteroatoms. The van der Waals surface area contributed by atoms with Crippen LogP contribution in [0.2, 0.25) is 5.02 Å². The van der Waals surface area contributed by atoms with Gasteiger partial charge < -0.3 is 5.11 Å². The SMILES string of the molecule is CC1=C(Cc2ccc(-c3ccc4c(c3)C(=O)C(C)=C(Cc3ccc(Cl)cc3)C4O)cc2)C(=O)c2ccccc2C1=O. The first-order valence-electron chi connectivity index (χ1n) is 13.5. The Morgan fingerprint density at radius 3 is 1.88 bits per heavy atom. The average molecular weight is 559 g/mol. The zero-order valence-electron chi connectivity index (χ0n) is 22.7. The predicted octanol–water partition coefficient (Wildman–Crippen LogP) is 7.73. The maximum Gasteiger partial charge on any atom is 0.190 e. The Kier molecular flexibility index (Phi) is 6.90. The Labute approximate surface area is 243 Å². The zero-order valence-corrected chi connectivity index (χ0v) is 23.5. The van der Waals surface area contributed by atoms with Crippen LogP contribution in [-0.4, -0.2) is 22.5 Å². The average Bonchev–Trinajstić information content (AvgIpc) is 3.00. The summed E-state index contributed by atoms with van der Waals surface area (Å²) in [4.78, 5) is 39.4. The van der Waals surface area contributed by atoms with Crippen LogP contribution in [0, 0.1) is 0 Å². The molecular formula is C36H27ClO4. The minimum Gasteiger partial charge on any atom is -0.384 e. The summed E-state index contributed by atoms with van der Waals surface area (Å²) < 4.78 is 0. The third-order valence-corrected chi connectivity index (χ3v) is 8.46. The second-order valence-corrected chi connectivity index (χ2v) is 11.1. The van der Waals surface area contributed by atoms with Crippen molar-refractivity contribution in [3.8, 4) is 11.1 Å². The van der Waals surface area contributed by atoms with Gasteiger partial charge in [-0.25, -0.2) is 0 Å². The fourth-order valence-electron chi connectivity index (χ4n) is 5.75. The van der Waals surface area contributed by atoms with Gasteiger partial charge in [-0.15, -0.1) is 0 Å². The van der Waals surface area contributed by atoms with Crippen LogP contribution in [0.15, 0.2) is 113 Å². The van der Waals surface area contributed by atoms with E-state index in [-0.39, 0.29) is 17.3 Å². The number of carbonyl (C=O) groups is 3. The summed E-state index contributed by atoms with van der Waals surface area (Å²) in [6, 6.07) is 27.7. The molecule has 4 aromatic rings. The Morgan fingerprint density at radius 1 is 0.634 bits per heavy atom. The number of benzene rings is 4. The number of aliphatic hydroxyl groups is 1. The van der Waals surface area contributed by atoms with Crippen molar-refractivity contribution in [1.29, 1.82) is 0 Å². The quantitative estimate of drug-likeness (QED) is 0.272. The van der Waals surface area contributed by atoms with Crippen LogP contribution in [-0.2, 0) is 12.8 Å². The van der Waals surface area contributed by atoms with Gasteiger partial charge in [0.1, 0.15) is 6.10 Å². The standard InChI is InChI=1S/C36H27ClO4/c1-20-30(35(40)28-6-4-3-5-27(28)33(20)38)17-22-7-11-24(12-8-22)25-13-16-29-32(19-25)34(39)21(2)31(36(29)41)18-23-9-14-26(37)15-10-23/h3-16,19,36,41H,17-18H2,1-2H3. The van der Waals surface area contributed by atoms with E-state index in [1.54, 1.807) is 50.2 Å². The van der Waals surface area contributed by atoms with Crippen LogP contribution in [0.1, 0.15) is 67.7 Å². The van der Waals surface area contributed by atoms with Gasteiger partial charge in [0.2, 0.25) is 0 Å². The van der Waals surface area contributed by atoms with E-state index in [9.17, 15) is 19.5 Å². The molecule has 1 atom stereocenters. The number of halogens is 1. The topological polar surface area (TPSA) is 71.4 Å². The molecule has 0 amide bonds. The van der Waals surface area contributed by atoms with Crippen molar-refractivity contribution in [1.82, 2.24) is 0 Å². The molecule has 2 aliphatic carbocycles. The van der Waals surface area contributed by atoms with Crippen molar-refractivity contribution < 1.29 is 19.5 Å². The first-order chi connectivity index (χ1) is 19.7. The van der Waals surface area contributed by atoms with E-state index < -0.39 is 6.10 Å². The van der Waals surface area contributed by atoms with Crippen molar-refractivity contribution in [2.45, 2.75) is 32.8 Å². The first kappa shape index (κ1) is 26.8. The Morgan fingerprint density at radius 2 is 1.20 bits per heavy atom. The molecule has 0 spiro atoms. The molecule has 2 aliphatic rings. The lowest BCUT2D eigenvalue weighted by Crippen LogP contribution is -2.22. The number of hydrogen-bond acceptors (Lipinski definition) is 4. The van der Waals surface area contributed by atoms with Crippen LogP contribution in [0.25, 0.3) is 11.1 Å². The molecule has 0 aromatic heterocycles. The highest BCUT2D eigenvalue weighted by molar-refractivity contribution is 6.30. The highest BCUT2D eigenvalue weighted by atomic mass is 35.5. The molecule has 1 unspecified atom stereocenters. The van der Waals surface area contributed by atoms with Gasteiger partial charge in [-0.3, -0.25) is 14.4 Å². The highest BCUT2D eigenvalue weighted by Crippen LogP contribution is 2.38. The minimum absolute atomic E-state index is 0.0871. The lowest BCUT2D eigenvalue weighted by Gasteiger charge is -2.26. The smallest absolute Gasteiger partial charge is 0.190 e. The van der Waals surface area contributed by atoms with Gasteiger partial charge >= 0.3 is 0 Å². The van der Waals surface area contributed by atoms with Gasteiger partial charge in [0, 0.05) is 39.3 Å². The van der Waals surface area contributed by atoms with E-state index in [1.807, 2.05) is 54.6 Å². The number of carbonyl (C=O) groups excluding carboxylic acids is 3. The number of fused-ring (bicyclic) bond motifs is 2. The zero-order chi connectivity index (χ0) is 28.8. The van der Waals surface area contributed by atoms with Crippen molar-refractivity contribution in [3.63, 3.8) is 0 Å². The van der Waals surface area contributed by atoms with E-state index in [0.717, 1.165) is 22.3 Å². The normalized spacial score (nSPS) is 16.7. The van der Waals surface area contributed by atoms with E-state index in [1.165, 1.54) is 0 Å². The largest absolute Gasteiger partial charge is 0.384 e. The van der Waals surface area contributed by atoms with Gasteiger partial charge in [0.25, 0.3) is 0 Å². The van der Waals surface area contributed by atoms with E-state index in [0.29, 0.717) is 62.4 Å². The number of aliphatic hydroxyl groups excluding tert-OH is 1. The number of allylic oxidation sites excluding steroid dienone is 3. The summed E-state index contributed by atoms with van der Waals surface area (Å²) in [5.74, 6) is -0.295. The molecule has 202 valence electrons. The monoisotopic (exact) mass is 558 g/mol. The molecule has 1 N–H and O–H groups in total. The van der Waals surface area contributed by atoms with Gasteiger partial charge in [-0.1, -0.05) is 84.4 Å². The first-order valence-corrected chi connectivity index (χ1v) is 13.9. The fraction of sp³-hybridized carbons (Fsp3) is 0.139. The Bertz CT molecular complexity index is 1810. The van der Waals surface area contributed by atoms with Crippen molar-refractivity contribution in [3.05, 3.63) is 152 Å². The number of hydrogen-bond donors (Lipinski definition) is 1. The Balaban J connectivity index is 1.24. The molecule has 0 fully saturated rings. The molecule has 4 aromatic carbocycles. The van der Waals surface area contributed by atoms with E-state index in [4.69, 9.17) is 11.6 Å². The summed E-state index contributed by atoms with van der Waals surface area (Å²) in [5.41, 5.74) is 7.95. The van der Waals surface area contributed by atoms with E-state index >= 15 is 0 Å². The van der Waals surface area contributed by atoms with Crippen molar-refractivity contribution in [2.75, 3.05) is 0 Å². The molecule has 41 heavy (non-hydrogen) atoms. The van der Waals surface area contributed by atoms with Gasteiger partial charge in [0.15, 0.2) is 17.3 Å². The fourth-order valence-corrected chi connectivity index (χ4v) is 5.87. The molecule has 0 heterocycles. The summed E-state index contributed by atoms with van der Waals surface area (Å²) in [6.07, 6.45) is -0.0405. The molecular weight excluding hydrogens is 532 g/mol. The van der Waals surface area contributed by atoms with Crippen molar-refractivity contribution >= 4 is 29.0 Å². The third kappa shape index (κ3) is 4.80. The predicted molar refractivity (Wildman–Crippen MR) is 161 cm³/mol. The molecule has 0 aliphatic heterocycles. The Hall–Kier alpha value is -4.38.